The topological polar surface area (TPSA) is 15.3 Å². The zero-order valence-corrected chi connectivity index (χ0v) is 13.0. The second-order valence-corrected chi connectivity index (χ2v) is 6.53. The lowest BCUT2D eigenvalue weighted by Gasteiger charge is -2.40. The molecule has 106 valence electrons. The Labute approximate surface area is 118 Å². The second-order valence-electron chi connectivity index (χ2n) is 6.53. The van der Waals surface area contributed by atoms with Gasteiger partial charge in [0, 0.05) is 31.7 Å². The van der Waals surface area contributed by atoms with Crippen LogP contribution in [-0.4, -0.2) is 30.1 Å². The molecule has 1 aromatic rings. The van der Waals surface area contributed by atoms with Crippen molar-refractivity contribution in [3.63, 3.8) is 0 Å². The molecule has 1 fully saturated rings. The molecule has 0 spiro atoms. The van der Waals surface area contributed by atoms with Gasteiger partial charge in [-0.15, -0.1) is 0 Å². The average Bonchev–Trinajstić information content (AvgIpc) is 2.30. The molecule has 0 aromatic heterocycles. The van der Waals surface area contributed by atoms with Crippen molar-refractivity contribution in [3.8, 4) is 0 Å². The van der Waals surface area contributed by atoms with Crippen LogP contribution in [0.15, 0.2) is 18.2 Å². The predicted molar refractivity (Wildman–Crippen MR) is 82.4 cm³/mol. The molecule has 2 atom stereocenters. The van der Waals surface area contributed by atoms with Gasteiger partial charge in [0.25, 0.3) is 0 Å². The van der Waals surface area contributed by atoms with E-state index in [0.717, 1.165) is 19.6 Å². The normalized spacial score (nSPS) is 24.9. The standard InChI is InChI=1S/C17H28N2/c1-12(2)17-11-19(15(5)9-18-17)10-16-7-13(3)6-14(4)8-16/h6-8,12,15,17-18H,9-11H2,1-5H3. The molecule has 19 heavy (non-hydrogen) atoms. The third-order valence-electron chi connectivity index (χ3n) is 4.20. The smallest absolute Gasteiger partial charge is 0.0237 e. The van der Waals surface area contributed by atoms with Gasteiger partial charge in [-0.05, 0) is 32.3 Å². The summed E-state index contributed by atoms with van der Waals surface area (Å²) in [5, 5.41) is 3.67. The van der Waals surface area contributed by atoms with E-state index in [1.54, 1.807) is 0 Å². The molecule has 1 saturated heterocycles. The van der Waals surface area contributed by atoms with Crippen LogP contribution in [0.5, 0.6) is 0 Å². The van der Waals surface area contributed by atoms with Crippen molar-refractivity contribution >= 4 is 0 Å². The molecular weight excluding hydrogens is 232 g/mol. The van der Waals surface area contributed by atoms with Crippen LogP contribution in [0.1, 0.15) is 37.5 Å². The first-order chi connectivity index (χ1) is 8.95. The maximum Gasteiger partial charge on any atom is 0.0237 e. The zero-order valence-electron chi connectivity index (χ0n) is 13.0. The number of aryl methyl sites for hydroxylation is 2. The van der Waals surface area contributed by atoms with E-state index in [1.807, 2.05) is 0 Å². The first-order valence-electron chi connectivity index (χ1n) is 7.50. The number of nitrogens with zero attached hydrogens (tertiary/aromatic N) is 1. The fourth-order valence-electron chi connectivity index (χ4n) is 3.01. The molecule has 1 aliphatic heterocycles. The highest BCUT2D eigenvalue weighted by atomic mass is 15.2. The highest BCUT2D eigenvalue weighted by Crippen LogP contribution is 2.17. The maximum absolute atomic E-state index is 3.67. The van der Waals surface area contributed by atoms with E-state index in [0.29, 0.717) is 18.0 Å². The van der Waals surface area contributed by atoms with Crippen LogP contribution in [0.4, 0.5) is 0 Å². The van der Waals surface area contributed by atoms with E-state index in [-0.39, 0.29) is 0 Å². The van der Waals surface area contributed by atoms with Crippen molar-refractivity contribution < 1.29 is 0 Å². The minimum absolute atomic E-state index is 0.621. The molecule has 2 heteroatoms. The molecule has 0 saturated carbocycles. The van der Waals surface area contributed by atoms with Gasteiger partial charge in [0.1, 0.15) is 0 Å². The molecule has 1 aromatic carbocycles. The largest absolute Gasteiger partial charge is 0.311 e. The highest BCUT2D eigenvalue weighted by molar-refractivity contribution is 5.28. The van der Waals surface area contributed by atoms with E-state index in [4.69, 9.17) is 0 Å². The third-order valence-corrected chi connectivity index (χ3v) is 4.20. The van der Waals surface area contributed by atoms with Crippen LogP contribution < -0.4 is 5.32 Å². The average molecular weight is 260 g/mol. The molecule has 2 nitrogen and oxygen atoms in total. The fraction of sp³-hybridized carbons (Fsp3) is 0.647. The van der Waals surface area contributed by atoms with Crippen molar-refractivity contribution in [2.75, 3.05) is 13.1 Å². The lowest BCUT2D eigenvalue weighted by atomic mass is 9.98. The molecule has 0 radical (unpaired) electrons. The predicted octanol–water partition coefficient (Wildman–Crippen LogP) is 3.12. The van der Waals surface area contributed by atoms with Crippen LogP contribution in [0, 0.1) is 19.8 Å². The number of piperazine rings is 1. The number of hydrogen-bond acceptors (Lipinski definition) is 2. The third kappa shape index (κ3) is 3.80. The zero-order chi connectivity index (χ0) is 14.0. The van der Waals surface area contributed by atoms with Gasteiger partial charge in [-0.25, -0.2) is 0 Å². The minimum Gasteiger partial charge on any atom is -0.311 e. The SMILES string of the molecule is Cc1cc(C)cc(CN2CC(C(C)C)NCC2C)c1. The Bertz CT molecular complexity index is 405. The van der Waals surface area contributed by atoms with Crippen molar-refractivity contribution in [1.82, 2.24) is 10.2 Å². The summed E-state index contributed by atoms with van der Waals surface area (Å²) in [5.74, 6) is 0.703. The Morgan fingerprint density at radius 1 is 1.21 bits per heavy atom. The van der Waals surface area contributed by atoms with Crippen molar-refractivity contribution in [2.45, 2.75) is 53.2 Å². The van der Waals surface area contributed by atoms with E-state index >= 15 is 0 Å². The number of benzene rings is 1. The van der Waals surface area contributed by atoms with Crippen molar-refractivity contribution in [1.29, 1.82) is 0 Å². The Balaban J connectivity index is 2.07. The van der Waals surface area contributed by atoms with Gasteiger partial charge in [0.05, 0.1) is 0 Å². The van der Waals surface area contributed by atoms with Crippen LogP contribution in [0.25, 0.3) is 0 Å². The summed E-state index contributed by atoms with van der Waals surface area (Å²) in [5.41, 5.74) is 4.20. The molecular formula is C17H28N2. The molecule has 0 aliphatic carbocycles. The van der Waals surface area contributed by atoms with E-state index in [1.165, 1.54) is 16.7 Å². The Morgan fingerprint density at radius 2 is 1.84 bits per heavy atom. The van der Waals surface area contributed by atoms with Gasteiger partial charge in [-0.3, -0.25) is 4.90 Å². The summed E-state index contributed by atoms with van der Waals surface area (Å²) in [7, 11) is 0. The second kappa shape index (κ2) is 6.06. The van der Waals surface area contributed by atoms with Gasteiger partial charge in [-0.2, -0.15) is 0 Å². The van der Waals surface area contributed by atoms with E-state index in [2.05, 4.69) is 63.0 Å². The molecule has 0 amide bonds. The summed E-state index contributed by atoms with van der Waals surface area (Å²) in [4.78, 5) is 2.62. The van der Waals surface area contributed by atoms with Crippen LogP contribution in [0.2, 0.25) is 0 Å². The van der Waals surface area contributed by atoms with Gasteiger partial charge in [0.2, 0.25) is 0 Å². The van der Waals surface area contributed by atoms with Gasteiger partial charge in [-0.1, -0.05) is 43.2 Å². The summed E-state index contributed by atoms with van der Waals surface area (Å²) in [6.45, 7) is 14.7. The molecule has 2 rings (SSSR count). The quantitative estimate of drug-likeness (QED) is 0.898. The summed E-state index contributed by atoms with van der Waals surface area (Å²) < 4.78 is 0. The molecule has 2 unspecified atom stereocenters. The van der Waals surface area contributed by atoms with Crippen molar-refractivity contribution in [3.05, 3.63) is 34.9 Å². The highest BCUT2D eigenvalue weighted by Gasteiger charge is 2.26. The first kappa shape index (κ1) is 14.5. The summed E-state index contributed by atoms with van der Waals surface area (Å²) >= 11 is 0. The maximum atomic E-state index is 3.67. The molecule has 1 heterocycles. The van der Waals surface area contributed by atoms with Gasteiger partial charge < -0.3 is 5.32 Å². The minimum atomic E-state index is 0.621. The molecule has 0 bridgehead atoms. The Morgan fingerprint density at radius 3 is 2.42 bits per heavy atom. The first-order valence-corrected chi connectivity index (χ1v) is 7.50. The summed E-state index contributed by atoms with van der Waals surface area (Å²) in [6.07, 6.45) is 0. The van der Waals surface area contributed by atoms with Gasteiger partial charge in [0.15, 0.2) is 0 Å². The molecule has 1 aliphatic rings. The number of hydrogen-bond donors (Lipinski definition) is 1. The van der Waals surface area contributed by atoms with Crippen LogP contribution in [-0.2, 0) is 6.54 Å². The Hall–Kier alpha value is -0.860. The van der Waals surface area contributed by atoms with Crippen LogP contribution in [0.3, 0.4) is 0 Å². The van der Waals surface area contributed by atoms with Crippen molar-refractivity contribution in [2.24, 2.45) is 5.92 Å². The monoisotopic (exact) mass is 260 g/mol. The van der Waals surface area contributed by atoms with Gasteiger partial charge >= 0.3 is 0 Å². The summed E-state index contributed by atoms with van der Waals surface area (Å²) in [6, 6.07) is 8.15. The lowest BCUT2D eigenvalue weighted by molar-refractivity contribution is 0.116. The van der Waals surface area contributed by atoms with E-state index in [9.17, 15) is 0 Å². The number of nitrogens with one attached hydrogen (secondary N) is 1. The fourth-order valence-corrected chi connectivity index (χ4v) is 3.01. The number of rotatable bonds is 3. The lowest BCUT2D eigenvalue weighted by Crippen LogP contribution is -2.56. The Kier molecular flexibility index (Phi) is 4.64. The van der Waals surface area contributed by atoms with Crippen LogP contribution >= 0.6 is 0 Å². The van der Waals surface area contributed by atoms with E-state index < -0.39 is 0 Å². The molecule has 1 N–H and O–H groups in total.